The Balaban J connectivity index is 2.30. The standard InChI is InChI=1S/C14H24N4O3/c1-2-3-8-18-12(15)11(13(20)17-14(18)21)16-9-6-4-5-7-10(9)19/h9-10,16,19H,2-8,15H2,1H3,(H,17,20,21). The molecule has 1 heterocycles. The maximum Gasteiger partial charge on any atom is 0.330 e. The molecule has 1 aliphatic carbocycles. The number of nitrogens with zero attached hydrogens (tertiary/aromatic N) is 1. The first kappa shape index (κ1) is 15.6. The van der Waals surface area contributed by atoms with E-state index in [4.69, 9.17) is 5.73 Å². The molecule has 0 bridgehead atoms. The summed E-state index contributed by atoms with van der Waals surface area (Å²) < 4.78 is 1.38. The van der Waals surface area contributed by atoms with Gasteiger partial charge in [-0.15, -0.1) is 0 Å². The molecule has 7 nitrogen and oxygen atoms in total. The van der Waals surface area contributed by atoms with E-state index in [1.54, 1.807) is 0 Å². The van der Waals surface area contributed by atoms with Gasteiger partial charge in [-0.05, 0) is 19.3 Å². The third-order valence-electron chi connectivity index (χ3n) is 4.03. The number of nitrogen functional groups attached to an aromatic ring is 1. The second kappa shape index (κ2) is 6.80. The Bertz CT molecular complexity index is 593. The molecule has 2 rings (SSSR count). The van der Waals surface area contributed by atoms with Crippen LogP contribution in [0, 0.1) is 0 Å². The number of anilines is 2. The Hall–Kier alpha value is -1.76. The normalized spacial score (nSPS) is 22.2. The fourth-order valence-electron chi connectivity index (χ4n) is 2.73. The van der Waals surface area contributed by atoms with Gasteiger partial charge in [0.25, 0.3) is 5.56 Å². The Morgan fingerprint density at radius 1 is 1.38 bits per heavy atom. The molecule has 0 aliphatic heterocycles. The number of H-pyrrole nitrogens is 1. The molecular weight excluding hydrogens is 272 g/mol. The number of hydrogen-bond acceptors (Lipinski definition) is 5. The zero-order chi connectivity index (χ0) is 15.4. The average Bonchev–Trinajstić information content (AvgIpc) is 2.45. The highest BCUT2D eigenvalue weighted by Gasteiger charge is 2.25. The van der Waals surface area contributed by atoms with Crippen molar-refractivity contribution in [3.05, 3.63) is 20.8 Å². The van der Waals surface area contributed by atoms with Crippen LogP contribution in [0.3, 0.4) is 0 Å². The number of nitrogens with two attached hydrogens (primary N) is 1. The van der Waals surface area contributed by atoms with E-state index in [0.29, 0.717) is 13.0 Å². The average molecular weight is 296 g/mol. The molecule has 1 aliphatic rings. The van der Waals surface area contributed by atoms with Crippen molar-refractivity contribution in [3.63, 3.8) is 0 Å². The number of rotatable bonds is 5. The Morgan fingerprint density at radius 2 is 2.10 bits per heavy atom. The molecule has 118 valence electrons. The minimum atomic E-state index is -0.525. The molecule has 1 aromatic rings. The first-order valence-electron chi connectivity index (χ1n) is 7.61. The molecule has 7 heteroatoms. The first-order valence-corrected chi connectivity index (χ1v) is 7.61. The molecule has 21 heavy (non-hydrogen) atoms. The number of aromatic nitrogens is 2. The highest BCUT2D eigenvalue weighted by atomic mass is 16.3. The third kappa shape index (κ3) is 3.47. The van der Waals surface area contributed by atoms with E-state index in [-0.39, 0.29) is 17.5 Å². The number of aliphatic hydroxyl groups excluding tert-OH is 1. The van der Waals surface area contributed by atoms with Crippen molar-refractivity contribution in [2.75, 3.05) is 11.1 Å². The lowest BCUT2D eigenvalue weighted by atomic mass is 9.92. The summed E-state index contributed by atoms with van der Waals surface area (Å²) in [7, 11) is 0. The van der Waals surface area contributed by atoms with Gasteiger partial charge in [0.15, 0.2) is 0 Å². The van der Waals surface area contributed by atoms with E-state index in [9.17, 15) is 14.7 Å². The summed E-state index contributed by atoms with van der Waals surface area (Å²) in [6.45, 7) is 2.49. The van der Waals surface area contributed by atoms with E-state index >= 15 is 0 Å². The Kier molecular flexibility index (Phi) is 5.06. The van der Waals surface area contributed by atoms with Crippen LogP contribution < -0.4 is 22.3 Å². The predicted molar refractivity (Wildman–Crippen MR) is 82.5 cm³/mol. The van der Waals surface area contributed by atoms with Gasteiger partial charge in [0.2, 0.25) is 0 Å². The van der Waals surface area contributed by atoms with Crippen LogP contribution >= 0.6 is 0 Å². The molecule has 2 unspecified atom stereocenters. The van der Waals surface area contributed by atoms with E-state index in [1.807, 2.05) is 6.92 Å². The predicted octanol–water partition coefficient (Wildman–Crippen LogP) is 0.634. The summed E-state index contributed by atoms with van der Waals surface area (Å²) in [4.78, 5) is 26.1. The quantitative estimate of drug-likeness (QED) is 0.636. The lowest BCUT2D eigenvalue weighted by molar-refractivity contribution is 0.116. The summed E-state index contributed by atoms with van der Waals surface area (Å²) in [5.41, 5.74) is 5.17. The van der Waals surface area contributed by atoms with Gasteiger partial charge in [0.1, 0.15) is 11.5 Å². The summed E-state index contributed by atoms with van der Waals surface area (Å²) >= 11 is 0. The number of unbranched alkanes of at least 4 members (excludes halogenated alkanes) is 1. The van der Waals surface area contributed by atoms with Crippen LogP contribution in [0.5, 0.6) is 0 Å². The maximum absolute atomic E-state index is 12.0. The molecule has 1 saturated carbocycles. The molecule has 0 aromatic carbocycles. The Labute approximate surface area is 123 Å². The van der Waals surface area contributed by atoms with Gasteiger partial charge < -0.3 is 16.2 Å². The van der Waals surface area contributed by atoms with Crippen molar-refractivity contribution in [2.45, 2.75) is 64.1 Å². The number of hydrogen-bond donors (Lipinski definition) is 4. The van der Waals surface area contributed by atoms with Crippen LogP contribution in [0.1, 0.15) is 45.4 Å². The second-order valence-corrected chi connectivity index (χ2v) is 5.63. The smallest absolute Gasteiger partial charge is 0.330 e. The minimum Gasteiger partial charge on any atom is -0.391 e. The van der Waals surface area contributed by atoms with Crippen molar-refractivity contribution in [1.29, 1.82) is 0 Å². The third-order valence-corrected chi connectivity index (χ3v) is 4.03. The van der Waals surface area contributed by atoms with Crippen LogP contribution in [0.4, 0.5) is 11.5 Å². The van der Waals surface area contributed by atoms with E-state index in [2.05, 4.69) is 10.3 Å². The highest BCUT2D eigenvalue weighted by Crippen LogP contribution is 2.22. The van der Waals surface area contributed by atoms with Crippen molar-refractivity contribution in [1.82, 2.24) is 9.55 Å². The molecule has 0 radical (unpaired) electrons. The van der Waals surface area contributed by atoms with Gasteiger partial charge in [0.05, 0.1) is 12.1 Å². The molecule has 0 saturated heterocycles. The number of nitrogens with one attached hydrogen (secondary N) is 2. The molecule has 1 fully saturated rings. The number of aliphatic hydroxyl groups is 1. The fourth-order valence-corrected chi connectivity index (χ4v) is 2.73. The van der Waals surface area contributed by atoms with E-state index in [1.165, 1.54) is 4.57 Å². The molecule has 5 N–H and O–H groups in total. The van der Waals surface area contributed by atoms with Crippen molar-refractivity contribution >= 4 is 11.5 Å². The molecule has 0 amide bonds. The fraction of sp³-hybridized carbons (Fsp3) is 0.714. The summed E-state index contributed by atoms with van der Waals surface area (Å²) in [6, 6.07) is -0.195. The molecular formula is C14H24N4O3. The van der Waals surface area contributed by atoms with Gasteiger partial charge in [-0.3, -0.25) is 14.3 Å². The van der Waals surface area contributed by atoms with E-state index < -0.39 is 17.4 Å². The largest absolute Gasteiger partial charge is 0.391 e. The zero-order valence-corrected chi connectivity index (χ0v) is 12.4. The summed E-state index contributed by atoms with van der Waals surface area (Å²) in [5.74, 6) is 0.148. The Morgan fingerprint density at radius 3 is 2.76 bits per heavy atom. The summed E-state index contributed by atoms with van der Waals surface area (Å²) in [6.07, 6.45) is 4.73. The second-order valence-electron chi connectivity index (χ2n) is 5.63. The van der Waals surface area contributed by atoms with Crippen LogP contribution in [0.15, 0.2) is 9.59 Å². The maximum atomic E-state index is 12.0. The number of aromatic amines is 1. The minimum absolute atomic E-state index is 0.148. The zero-order valence-electron chi connectivity index (χ0n) is 12.4. The van der Waals surface area contributed by atoms with Gasteiger partial charge >= 0.3 is 5.69 Å². The molecule has 0 spiro atoms. The van der Waals surface area contributed by atoms with Crippen LogP contribution in [-0.2, 0) is 6.54 Å². The lowest BCUT2D eigenvalue weighted by Crippen LogP contribution is -2.41. The van der Waals surface area contributed by atoms with Crippen molar-refractivity contribution in [3.8, 4) is 0 Å². The van der Waals surface area contributed by atoms with Crippen LogP contribution in [-0.4, -0.2) is 26.8 Å². The SMILES string of the molecule is CCCCn1c(N)c(NC2CCCCC2O)c(=O)[nH]c1=O. The highest BCUT2D eigenvalue weighted by molar-refractivity contribution is 5.61. The van der Waals surface area contributed by atoms with Gasteiger partial charge in [0, 0.05) is 6.54 Å². The van der Waals surface area contributed by atoms with Gasteiger partial charge in [-0.1, -0.05) is 26.2 Å². The van der Waals surface area contributed by atoms with Gasteiger partial charge in [-0.25, -0.2) is 4.79 Å². The molecule has 1 aromatic heterocycles. The van der Waals surface area contributed by atoms with Crippen LogP contribution in [0.2, 0.25) is 0 Å². The van der Waals surface area contributed by atoms with Gasteiger partial charge in [-0.2, -0.15) is 0 Å². The first-order chi connectivity index (χ1) is 10.0. The van der Waals surface area contributed by atoms with E-state index in [0.717, 1.165) is 32.1 Å². The lowest BCUT2D eigenvalue weighted by Gasteiger charge is -2.29. The molecule has 2 atom stereocenters. The van der Waals surface area contributed by atoms with Crippen molar-refractivity contribution < 1.29 is 5.11 Å². The summed E-state index contributed by atoms with van der Waals surface area (Å²) in [5, 5.41) is 13.0. The van der Waals surface area contributed by atoms with Crippen LogP contribution in [0.25, 0.3) is 0 Å². The van der Waals surface area contributed by atoms with Crippen molar-refractivity contribution in [2.24, 2.45) is 0 Å². The monoisotopic (exact) mass is 296 g/mol. The topological polar surface area (TPSA) is 113 Å².